The van der Waals surface area contributed by atoms with Crippen molar-refractivity contribution in [1.29, 1.82) is 0 Å². The lowest BCUT2D eigenvalue weighted by atomic mass is 9.52. The molecule has 1 aromatic rings. The van der Waals surface area contributed by atoms with E-state index in [1.165, 1.54) is 11.1 Å². The summed E-state index contributed by atoms with van der Waals surface area (Å²) in [4.78, 5) is 2.59. The predicted octanol–water partition coefficient (Wildman–Crippen LogP) is 3.44. The SMILES string of the molecule is CC(C)N(B1C=Cc2ccccc2C1)C(C)C. The monoisotopic (exact) mass is 227 g/mol. The number of hydrogen-bond donors (Lipinski definition) is 0. The molecule has 0 amide bonds. The van der Waals surface area contributed by atoms with Gasteiger partial charge in [0, 0.05) is 0 Å². The molecule has 1 aliphatic heterocycles. The molecule has 0 saturated carbocycles. The van der Waals surface area contributed by atoms with Gasteiger partial charge in [0.1, 0.15) is 0 Å². The van der Waals surface area contributed by atoms with Crippen molar-refractivity contribution < 1.29 is 0 Å². The van der Waals surface area contributed by atoms with Crippen LogP contribution >= 0.6 is 0 Å². The van der Waals surface area contributed by atoms with E-state index in [2.05, 4.69) is 68.8 Å². The summed E-state index contributed by atoms with van der Waals surface area (Å²) in [5.74, 6) is 2.36. The average molecular weight is 227 g/mol. The Bertz CT molecular complexity index is 401. The molecule has 0 fully saturated rings. The van der Waals surface area contributed by atoms with Gasteiger partial charge in [-0.15, -0.1) is 0 Å². The Hall–Kier alpha value is -1.02. The zero-order valence-electron chi connectivity index (χ0n) is 11.4. The van der Waals surface area contributed by atoms with Crippen molar-refractivity contribution in [3.63, 3.8) is 0 Å². The first-order chi connectivity index (χ1) is 8.09. The standard InChI is InChI=1S/C15H22BN/c1-12(2)17(13(3)4)16-10-9-14-7-5-6-8-15(14)11-16/h5-10,12-13H,11H2,1-4H3. The lowest BCUT2D eigenvalue weighted by Crippen LogP contribution is -2.49. The smallest absolute Gasteiger partial charge is 0.254 e. The molecule has 2 rings (SSSR count). The van der Waals surface area contributed by atoms with Crippen LogP contribution in [-0.2, 0) is 6.32 Å². The Morgan fingerprint density at radius 3 is 2.35 bits per heavy atom. The lowest BCUT2D eigenvalue weighted by Gasteiger charge is -2.36. The summed E-state index contributed by atoms with van der Waals surface area (Å²) in [5, 5.41) is 0. The molecule has 0 aromatic heterocycles. The lowest BCUT2D eigenvalue weighted by molar-refractivity contribution is 0.305. The van der Waals surface area contributed by atoms with Gasteiger partial charge in [0.05, 0.1) is 0 Å². The van der Waals surface area contributed by atoms with E-state index in [4.69, 9.17) is 0 Å². The second-order valence-corrected chi connectivity index (χ2v) is 5.46. The normalized spacial score (nSPS) is 14.9. The van der Waals surface area contributed by atoms with Crippen LogP contribution in [0.3, 0.4) is 0 Å². The largest absolute Gasteiger partial charge is 0.334 e. The third-order valence-corrected chi connectivity index (χ3v) is 3.56. The van der Waals surface area contributed by atoms with Crippen LogP contribution in [0.15, 0.2) is 30.2 Å². The Labute approximate surface area is 106 Å². The summed E-state index contributed by atoms with van der Waals surface area (Å²) in [6.45, 7) is 9.69. The second kappa shape index (κ2) is 5.09. The highest BCUT2D eigenvalue weighted by Gasteiger charge is 2.27. The van der Waals surface area contributed by atoms with E-state index >= 15 is 0 Å². The number of rotatable bonds is 3. The van der Waals surface area contributed by atoms with Gasteiger partial charge in [0.25, 0.3) is 6.85 Å². The van der Waals surface area contributed by atoms with E-state index in [-0.39, 0.29) is 0 Å². The van der Waals surface area contributed by atoms with E-state index in [1.807, 2.05) is 0 Å². The highest BCUT2D eigenvalue weighted by atomic mass is 15.1. The maximum atomic E-state index is 2.59. The molecule has 1 heterocycles. The van der Waals surface area contributed by atoms with E-state index in [0.29, 0.717) is 18.9 Å². The van der Waals surface area contributed by atoms with Gasteiger partial charge in [-0.25, -0.2) is 0 Å². The number of fused-ring (bicyclic) bond motifs is 1. The zero-order chi connectivity index (χ0) is 12.4. The number of nitrogens with zero attached hydrogens (tertiary/aromatic N) is 1. The van der Waals surface area contributed by atoms with Crippen LogP contribution in [0.5, 0.6) is 0 Å². The first kappa shape index (κ1) is 12.4. The molecule has 0 atom stereocenters. The minimum absolute atomic E-state index is 0.546. The minimum Gasteiger partial charge on any atom is -0.334 e. The molecule has 1 nitrogen and oxygen atoms in total. The minimum atomic E-state index is 0.546. The molecule has 0 unspecified atom stereocenters. The Morgan fingerprint density at radius 2 is 1.71 bits per heavy atom. The van der Waals surface area contributed by atoms with Crippen LogP contribution in [0.1, 0.15) is 38.8 Å². The van der Waals surface area contributed by atoms with Gasteiger partial charge in [-0.05, 0) is 29.5 Å². The van der Waals surface area contributed by atoms with Gasteiger partial charge in [0.15, 0.2) is 0 Å². The summed E-state index contributed by atoms with van der Waals surface area (Å²) >= 11 is 0. The van der Waals surface area contributed by atoms with Crippen molar-refractivity contribution in [3.05, 3.63) is 41.4 Å². The molecule has 2 heteroatoms. The van der Waals surface area contributed by atoms with E-state index in [1.54, 1.807) is 0 Å². The maximum absolute atomic E-state index is 2.59. The van der Waals surface area contributed by atoms with E-state index < -0.39 is 0 Å². The summed E-state index contributed by atoms with van der Waals surface area (Å²) in [5.41, 5.74) is 2.86. The highest BCUT2D eigenvalue weighted by molar-refractivity contribution is 6.62. The van der Waals surface area contributed by atoms with E-state index in [9.17, 15) is 0 Å². The van der Waals surface area contributed by atoms with E-state index in [0.717, 1.165) is 6.32 Å². The first-order valence-electron chi connectivity index (χ1n) is 6.63. The maximum Gasteiger partial charge on any atom is 0.254 e. The van der Waals surface area contributed by atoms with Crippen molar-refractivity contribution in [1.82, 2.24) is 4.81 Å². The van der Waals surface area contributed by atoms with Crippen molar-refractivity contribution >= 4 is 12.9 Å². The average Bonchev–Trinajstić information content (AvgIpc) is 2.28. The molecule has 0 bridgehead atoms. The molecule has 0 N–H and O–H groups in total. The van der Waals surface area contributed by atoms with Crippen molar-refractivity contribution in [2.45, 2.75) is 46.1 Å². The van der Waals surface area contributed by atoms with Gasteiger partial charge in [-0.1, -0.05) is 64.0 Å². The summed E-state index contributed by atoms with van der Waals surface area (Å²) in [6, 6.07) is 9.91. The van der Waals surface area contributed by atoms with Gasteiger partial charge < -0.3 is 4.81 Å². The summed E-state index contributed by atoms with van der Waals surface area (Å²) in [6.07, 6.45) is 3.42. The van der Waals surface area contributed by atoms with Crippen LogP contribution in [0, 0.1) is 0 Å². The quantitative estimate of drug-likeness (QED) is 0.715. The Morgan fingerprint density at radius 1 is 1.06 bits per heavy atom. The highest BCUT2D eigenvalue weighted by Crippen LogP contribution is 2.22. The predicted molar refractivity (Wildman–Crippen MR) is 77.0 cm³/mol. The molecular formula is C15H22BN. The van der Waals surface area contributed by atoms with Crippen LogP contribution in [0.2, 0.25) is 0 Å². The zero-order valence-corrected chi connectivity index (χ0v) is 11.4. The van der Waals surface area contributed by atoms with Crippen molar-refractivity contribution in [2.24, 2.45) is 0 Å². The topological polar surface area (TPSA) is 3.24 Å². The Kier molecular flexibility index (Phi) is 3.73. The van der Waals surface area contributed by atoms with Crippen molar-refractivity contribution in [2.75, 3.05) is 0 Å². The van der Waals surface area contributed by atoms with Crippen LogP contribution < -0.4 is 0 Å². The molecule has 0 radical (unpaired) electrons. The van der Waals surface area contributed by atoms with Crippen LogP contribution in [0.4, 0.5) is 0 Å². The molecule has 0 aliphatic carbocycles. The second-order valence-electron chi connectivity index (χ2n) is 5.46. The molecule has 17 heavy (non-hydrogen) atoms. The van der Waals surface area contributed by atoms with Crippen LogP contribution in [0.25, 0.3) is 6.08 Å². The third-order valence-electron chi connectivity index (χ3n) is 3.56. The molecule has 1 aromatic carbocycles. The number of benzene rings is 1. The first-order valence-corrected chi connectivity index (χ1v) is 6.63. The van der Waals surface area contributed by atoms with Gasteiger partial charge >= 0.3 is 0 Å². The summed E-state index contributed by atoms with van der Waals surface area (Å²) < 4.78 is 0. The fourth-order valence-corrected chi connectivity index (χ4v) is 2.96. The molecule has 0 spiro atoms. The van der Waals surface area contributed by atoms with Crippen molar-refractivity contribution in [3.8, 4) is 0 Å². The van der Waals surface area contributed by atoms with Gasteiger partial charge in [-0.2, -0.15) is 0 Å². The third kappa shape index (κ3) is 2.63. The van der Waals surface area contributed by atoms with Gasteiger partial charge in [-0.3, -0.25) is 0 Å². The molecule has 90 valence electrons. The molecule has 1 aliphatic rings. The van der Waals surface area contributed by atoms with Crippen LogP contribution in [-0.4, -0.2) is 23.7 Å². The summed E-state index contributed by atoms with van der Waals surface area (Å²) in [7, 11) is 0. The Balaban J connectivity index is 2.22. The molecule has 0 saturated heterocycles. The fraction of sp³-hybridized carbons (Fsp3) is 0.467. The molecular weight excluding hydrogens is 205 g/mol. The number of hydrogen-bond acceptors (Lipinski definition) is 1. The fourth-order valence-electron chi connectivity index (χ4n) is 2.96. The van der Waals surface area contributed by atoms with Gasteiger partial charge in [0.2, 0.25) is 0 Å².